The highest BCUT2D eigenvalue weighted by Crippen LogP contribution is 2.36. The van der Waals surface area contributed by atoms with Gasteiger partial charge in [0, 0.05) is 22.4 Å². The first-order valence-corrected chi connectivity index (χ1v) is 15.9. The van der Waals surface area contributed by atoms with Crippen LogP contribution in [0.1, 0.15) is 108 Å². The molecular formula is C37H44F2N2. The summed E-state index contributed by atoms with van der Waals surface area (Å²) in [7, 11) is 0. The van der Waals surface area contributed by atoms with Crippen LogP contribution in [-0.4, -0.2) is 9.97 Å². The van der Waals surface area contributed by atoms with Crippen LogP contribution in [0.25, 0.3) is 43.6 Å². The molecule has 2 nitrogen and oxygen atoms in total. The van der Waals surface area contributed by atoms with Gasteiger partial charge in [0.05, 0.1) is 22.1 Å². The molecule has 4 aromatic carbocycles. The van der Waals surface area contributed by atoms with Crippen molar-refractivity contribution in [3.05, 3.63) is 70.8 Å². The van der Waals surface area contributed by atoms with Crippen molar-refractivity contribution in [2.75, 3.05) is 0 Å². The lowest BCUT2D eigenvalue weighted by atomic mass is 9.94. The molecule has 0 aliphatic heterocycles. The second-order valence-corrected chi connectivity index (χ2v) is 11.9. The molecule has 0 N–H and O–H groups in total. The van der Waals surface area contributed by atoms with E-state index in [1.54, 1.807) is 6.92 Å². The summed E-state index contributed by atoms with van der Waals surface area (Å²) in [5.41, 5.74) is 5.17. The highest BCUT2D eigenvalue weighted by molar-refractivity contribution is 6.24. The lowest BCUT2D eigenvalue weighted by Crippen LogP contribution is -1.98. The second-order valence-electron chi connectivity index (χ2n) is 11.9. The van der Waals surface area contributed by atoms with E-state index in [1.165, 1.54) is 94.2 Å². The van der Waals surface area contributed by atoms with Crippen LogP contribution in [0.4, 0.5) is 8.78 Å². The number of benzene rings is 4. The molecule has 0 spiro atoms. The average Bonchev–Trinajstić information content (AvgIpc) is 2.99. The molecular weight excluding hydrogens is 510 g/mol. The van der Waals surface area contributed by atoms with Gasteiger partial charge in [-0.05, 0) is 66.6 Å². The van der Waals surface area contributed by atoms with Gasteiger partial charge in [-0.25, -0.2) is 18.7 Å². The van der Waals surface area contributed by atoms with E-state index in [0.717, 1.165) is 45.4 Å². The number of rotatable bonds is 14. The first-order chi connectivity index (χ1) is 20.0. The Morgan fingerprint density at radius 1 is 0.537 bits per heavy atom. The van der Waals surface area contributed by atoms with E-state index in [2.05, 4.69) is 50.2 Å². The smallest absolute Gasteiger partial charge is 0.164 e. The summed E-state index contributed by atoms with van der Waals surface area (Å²) in [6.07, 6.45) is 17.2. The molecule has 0 saturated heterocycles. The van der Waals surface area contributed by atoms with Crippen LogP contribution in [0.3, 0.4) is 0 Å². The maximum Gasteiger partial charge on any atom is 0.164 e. The Labute approximate surface area is 243 Å². The molecule has 0 fully saturated rings. The van der Waals surface area contributed by atoms with Gasteiger partial charge in [-0.1, -0.05) is 102 Å². The van der Waals surface area contributed by atoms with Crippen molar-refractivity contribution in [1.82, 2.24) is 9.97 Å². The first-order valence-electron chi connectivity index (χ1n) is 15.9. The van der Waals surface area contributed by atoms with Crippen LogP contribution in [0.15, 0.2) is 42.5 Å². The van der Waals surface area contributed by atoms with Crippen molar-refractivity contribution in [3.8, 4) is 0 Å². The summed E-state index contributed by atoms with van der Waals surface area (Å²) < 4.78 is 29.0. The molecule has 41 heavy (non-hydrogen) atoms. The van der Waals surface area contributed by atoms with Crippen molar-refractivity contribution in [2.24, 2.45) is 0 Å². The zero-order chi connectivity index (χ0) is 28.8. The number of fused-ring (bicyclic) bond motifs is 7. The van der Waals surface area contributed by atoms with Gasteiger partial charge in [0.15, 0.2) is 11.6 Å². The number of unbranched alkanes of at least 4 members (excludes halogenated alkanes) is 10. The molecule has 0 aliphatic carbocycles. The summed E-state index contributed by atoms with van der Waals surface area (Å²) in [5.74, 6) is -1.72. The van der Waals surface area contributed by atoms with Crippen molar-refractivity contribution >= 4 is 43.6 Å². The van der Waals surface area contributed by atoms with E-state index >= 15 is 0 Å². The number of aryl methyl sites for hydroxylation is 3. The summed E-state index contributed by atoms with van der Waals surface area (Å²) in [6.45, 7) is 6.09. The maximum atomic E-state index is 14.6. The molecule has 216 valence electrons. The highest BCUT2D eigenvalue weighted by atomic mass is 19.2. The van der Waals surface area contributed by atoms with E-state index in [0.29, 0.717) is 11.0 Å². The van der Waals surface area contributed by atoms with Gasteiger partial charge in [-0.15, -0.1) is 0 Å². The molecule has 5 rings (SSSR count). The fraction of sp³-hybridized carbons (Fsp3) is 0.459. The van der Waals surface area contributed by atoms with E-state index in [9.17, 15) is 8.78 Å². The molecule has 4 heteroatoms. The predicted octanol–water partition coefficient (Wildman–Crippen LogP) is 11.5. The zero-order valence-corrected chi connectivity index (χ0v) is 25.1. The van der Waals surface area contributed by atoms with Crippen LogP contribution >= 0.6 is 0 Å². The van der Waals surface area contributed by atoms with Gasteiger partial charge in [-0.2, -0.15) is 0 Å². The van der Waals surface area contributed by atoms with Crippen molar-refractivity contribution < 1.29 is 8.78 Å². The standard InChI is InChI=1S/C37H44F2N2/c1-4-6-8-10-12-14-16-26-18-20-28-29-21-19-27(17-15-13-11-9-7-5-2)23-31(29)37-36(30(28)22-26)40-33-24-32(38)34(39)25(3)35(33)41-37/h18-24H,4-17H2,1-3H3. The Balaban J connectivity index is 1.57. The third kappa shape index (κ3) is 6.52. The van der Waals surface area contributed by atoms with E-state index in [-0.39, 0.29) is 5.56 Å². The lowest BCUT2D eigenvalue weighted by molar-refractivity contribution is 0.505. The fourth-order valence-corrected chi connectivity index (χ4v) is 6.24. The van der Waals surface area contributed by atoms with Gasteiger partial charge < -0.3 is 0 Å². The van der Waals surface area contributed by atoms with Gasteiger partial charge in [-0.3, -0.25) is 0 Å². The minimum atomic E-state index is -0.876. The Kier molecular flexibility index (Phi) is 9.80. The second kappa shape index (κ2) is 13.7. The van der Waals surface area contributed by atoms with Gasteiger partial charge in [0.2, 0.25) is 0 Å². The Bertz CT molecular complexity index is 1660. The van der Waals surface area contributed by atoms with Crippen LogP contribution in [0.2, 0.25) is 0 Å². The van der Waals surface area contributed by atoms with Crippen molar-refractivity contribution in [3.63, 3.8) is 0 Å². The van der Waals surface area contributed by atoms with E-state index in [1.807, 2.05) is 0 Å². The Morgan fingerprint density at radius 3 is 1.56 bits per heavy atom. The van der Waals surface area contributed by atoms with Crippen molar-refractivity contribution in [1.29, 1.82) is 0 Å². The molecule has 0 aliphatic rings. The Hall–Kier alpha value is -3.14. The van der Waals surface area contributed by atoms with Crippen LogP contribution < -0.4 is 0 Å². The monoisotopic (exact) mass is 554 g/mol. The maximum absolute atomic E-state index is 14.6. The SMILES string of the molecule is CCCCCCCCc1ccc2c3ccc(CCCCCCCC)cc3c3nc4c(C)c(F)c(F)cc4nc3c2c1. The summed E-state index contributed by atoms with van der Waals surface area (Å²) in [4.78, 5) is 9.95. The molecule has 0 unspecified atom stereocenters. The summed E-state index contributed by atoms with van der Waals surface area (Å²) in [6, 6.07) is 14.6. The van der Waals surface area contributed by atoms with Gasteiger partial charge >= 0.3 is 0 Å². The summed E-state index contributed by atoms with van der Waals surface area (Å²) >= 11 is 0. The topological polar surface area (TPSA) is 25.8 Å². The van der Waals surface area contributed by atoms with Crippen LogP contribution in [0, 0.1) is 18.6 Å². The molecule has 0 radical (unpaired) electrons. The lowest BCUT2D eigenvalue weighted by Gasteiger charge is -2.14. The Morgan fingerprint density at radius 2 is 1.02 bits per heavy atom. The van der Waals surface area contributed by atoms with E-state index < -0.39 is 11.6 Å². The average molecular weight is 555 g/mol. The number of aromatic nitrogens is 2. The normalized spacial score (nSPS) is 11.9. The fourth-order valence-electron chi connectivity index (χ4n) is 6.24. The molecule has 1 aromatic heterocycles. The number of nitrogens with zero attached hydrogens (tertiary/aromatic N) is 2. The van der Waals surface area contributed by atoms with Crippen LogP contribution in [0.5, 0.6) is 0 Å². The quantitative estimate of drug-likeness (QED) is 0.0775. The highest BCUT2D eigenvalue weighted by Gasteiger charge is 2.17. The predicted molar refractivity (Wildman–Crippen MR) is 171 cm³/mol. The third-order valence-electron chi connectivity index (χ3n) is 8.69. The number of hydrogen-bond donors (Lipinski definition) is 0. The number of hydrogen-bond acceptors (Lipinski definition) is 2. The zero-order valence-electron chi connectivity index (χ0n) is 25.1. The molecule has 5 aromatic rings. The molecule has 0 atom stereocenters. The van der Waals surface area contributed by atoms with Gasteiger partial charge in [0.25, 0.3) is 0 Å². The molecule has 0 amide bonds. The minimum absolute atomic E-state index is 0.211. The molecule has 0 bridgehead atoms. The minimum Gasteiger partial charge on any atom is -0.244 e. The molecule has 0 saturated carbocycles. The molecule has 1 heterocycles. The van der Waals surface area contributed by atoms with Crippen molar-refractivity contribution in [2.45, 2.75) is 111 Å². The third-order valence-corrected chi connectivity index (χ3v) is 8.69. The van der Waals surface area contributed by atoms with Crippen LogP contribution in [-0.2, 0) is 12.8 Å². The van der Waals surface area contributed by atoms with Gasteiger partial charge in [0.1, 0.15) is 0 Å². The number of halogens is 2. The van der Waals surface area contributed by atoms with E-state index in [4.69, 9.17) is 9.97 Å². The first kappa shape index (κ1) is 29.4. The largest absolute Gasteiger partial charge is 0.244 e. The summed E-state index contributed by atoms with van der Waals surface area (Å²) in [5, 5.41) is 4.35.